The minimum atomic E-state index is -1.67. The van der Waals surface area contributed by atoms with Gasteiger partial charge in [0.25, 0.3) is 0 Å². The molecule has 0 N–H and O–H groups in total. The molecule has 0 spiro atoms. The molecule has 0 bridgehead atoms. The Morgan fingerprint density at radius 1 is 0.647 bits per heavy atom. The molecule has 1 nitrogen and oxygen atoms in total. The van der Waals surface area contributed by atoms with Crippen molar-refractivity contribution in [1.29, 1.82) is 0 Å². The van der Waals surface area contributed by atoms with E-state index < -0.39 is 7.26 Å². The summed E-state index contributed by atoms with van der Waals surface area (Å²) in [5.41, 5.74) is 2.88. The van der Waals surface area contributed by atoms with Crippen LogP contribution in [-0.2, 0) is 17.6 Å². The van der Waals surface area contributed by atoms with Crippen LogP contribution in [0.15, 0.2) is 84.9 Å². The van der Waals surface area contributed by atoms with E-state index in [1.807, 2.05) is 0 Å². The van der Waals surface area contributed by atoms with Crippen LogP contribution in [0.3, 0.4) is 0 Å². The minimum absolute atomic E-state index is 0.229. The van der Waals surface area contributed by atoms with Crippen molar-refractivity contribution >= 4 is 34.7 Å². The summed E-state index contributed by atoms with van der Waals surface area (Å²) in [5.74, 6) is 0.950. The molecule has 0 unspecified atom stereocenters. The summed E-state index contributed by atoms with van der Waals surface area (Å²) in [4.78, 5) is 11.0. The van der Waals surface area contributed by atoms with E-state index in [-0.39, 0.29) is 5.12 Å². The van der Waals surface area contributed by atoms with Crippen LogP contribution in [0.5, 0.6) is 0 Å². The van der Waals surface area contributed by atoms with E-state index in [1.54, 1.807) is 17.5 Å². The van der Waals surface area contributed by atoms with Crippen LogP contribution in [0.25, 0.3) is 0 Å². The molecule has 182 valence electrons. The van der Waals surface area contributed by atoms with Gasteiger partial charge in [-0.05, 0) is 6.42 Å². The topological polar surface area (TPSA) is 17.1 Å². The zero-order chi connectivity index (χ0) is 24.1. The van der Waals surface area contributed by atoms with Crippen molar-refractivity contribution in [2.45, 2.75) is 58.3 Å². The third-order valence-electron chi connectivity index (χ3n) is 6.90. The molecular weight excluding hydrogens is 451 g/mol. The quantitative estimate of drug-likeness (QED) is 0.172. The first-order chi connectivity index (χ1) is 16.6. The van der Waals surface area contributed by atoms with E-state index in [0.29, 0.717) is 0 Å². The second-order valence-electron chi connectivity index (χ2n) is 9.59. The number of rotatable bonds is 14. The Labute approximate surface area is 212 Å². The molecule has 0 aliphatic heterocycles. The maximum absolute atomic E-state index is 11.0. The van der Waals surface area contributed by atoms with Gasteiger partial charge < -0.3 is 0 Å². The van der Waals surface area contributed by atoms with Gasteiger partial charge in [0.15, 0.2) is 5.12 Å². The van der Waals surface area contributed by atoms with Crippen LogP contribution in [0.4, 0.5) is 0 Å². The fourth-order valence-electron chi connectivity index (χ4n) is 4.75. The molecule has 0 heterocycles. The normalized spacial score (nSPS) is 11.9. The molecule has 3 rings (SSSR count). The van der Waals surface area contributed by atoms with Crippen molar-refractivity contribution in [1.82, 2.24) is 0 Å². The number of hydrogen-bond acceptors (Lipinski definition) is 2. The summed E-state index contributed by atoms with van der Waals surface area (Å²) in [7, 11) is -1.67. The molecule has 0 saturated heterocycles. The molecule has 0 radical (unpaired) electrons. The van der Waals surface area contributed by atoms with Crippen molar-refractivity contribution in [3.63, 3.8) is 0 Å². The Bertz CT molecular complexity index is 930. The summed E-state index contributed by atoms with van der Waals surface area (Å²) in [6.07, 6.45) is 11.1. The van der Waals surface area contributed by atoms with Crippen molar-refractivity contribution in [3.8, 4) is 0 Å². The fourth-order valence-corrected chi connectivity index (χ4v) is 9.11. The van der Waals surface area contributed by atoms with Crippen molar-refractivity contribution in [2.75, 3.05) is 18.6 Å². The summed E-state index contributed by atoms with van der Waals surface area (Å²) >= 11 is 1.45. The second kappa shape index (κ2) is 14.5. The molecule has 0 aliphatic rings. The van der Waals surface area contributed by atoms with Gasteiger partial charge in [-0.25, -0.2) is 0 Å². The van der Waals surface area contributed by atoms with E-state index in [2.05, 4.69) is 91.6 Å². The number of benzene rings is 3. The van der Waals surface area contributed by atoms with Crippen LogP contribution in [0, 0.1) is 0 Å². The molecule has 0 aliphatic carbocycles. The van der Waals surface area contributed by atoms with Crippen LogP contribution in [0.1, 0.15) is 56.6 Å². The van der Waals surface area contributed by atoms with E-state index >= 15 is 0 Å². The maximum atomic E-state index is 11.0. The summed E-state index contributed by atoms with van der Waals surface area (Å²) in [5, 5.41) is 3.34. The number of carbonyl (C=O) groups excluding carboxylic acids is 1. The van der Waals surface area contributed by atoms with Crippen LogP contribution in [0.2, 0.25) is 0 Å². The molecule has 3 aromatic carbocycles. The third kappa shape index (κ3) is 8.71. The van der Waals surface area contributed by atoms with Gasteiger partial charge in [0, 0.05) is 12.7 Å². The van der Waals surface area contributed by atoms with Gasteiger partial charge in [0.1, 0.15) is 0 Å². The zero-order valence-electron chi connectivity index (χ0n) is 21.0. The van der Waals surface area contributed by atoms with Crippen LogP contribution < -0.4 is 10.6 Å². The average Bonchev–Trinajstić information content (AvgIpc) is 2.87. The average molecular weight is 493 g/mol. The number of hydrogen-bond donors (Lipinski definition) is 0. The summed E-state index contributed by atoms with van der Waals surface area (Å²) in [6.45, 7) is 4.19. The Morgan fingerprint density at radius 2 is 1.12 bits per heavy atom. The Morgan fingerprint density at radius 3 is 1.62 bits per heavy atom. The van der Waals surface area contributed by atoms with Gasteiger partial charge in [0.2, 0.25) is 0 Å². The van der Waals surface area contributed by atoms with Gasteiger partial charge in [0.05, 0.1) is 0 Å². The van der Waals surface area contributed by atoms with Gasteiger partial charge >= 0.3 is 172 Å². The Kier molecular flexibility index (Phi) is 11.4. The number of thioether (sulfide) groups is 1. The van der Waals surface area contributed by atoms with E-state index in [0.717, 1.165) is 25.0 Å². The molecule has 0 saturated carbocycles. The zero-order valence-corrected chi connectivity index (χ0v) is 22.8. The van der Waals surface area contributed by atoms with Crippen LogP contribution >= 0.6 is 19.0 Å². The van der Waals surface area contributed by atoms with Crippen molar-refractivity contribution < 1.29 is 4.79 Å². The second-order valence-corrected chi connectivity index (χ2v) is 15.2. The molecule has 3 heteroatoms. The molecule has 0 amide bonds. The Balaban J connectivity index is 1.38. The monoisotopic (exact) mass is 492 g/mol. The predicted molar refractivity (Wildman–Crippen MR) is 156 cm³/mol. The third-order valence-corrected chi connectivity index (χ3v) is 12.4. The van der Waals surface area contributed by atoms with E-state index in [1.165, 1.54) is 61.2 Å². The van der Waals surface area contributed by atoms with Crippen LogP contribution in [-0.4, -0.2) is 23.7 Å². The molecule has 0 fully saturated rings. The van der Waals surface area contributed by atoms with E-state index in [4.69, 9.17) is 0 Å². The van der Waals surface area contributed by atoms with Gasteiger partial charge in [-0.2, -0.15) is 0 Å². The van der Waals surface area contributed by atoms with Crippen molar-refractivity contribution in [3.05, 3.63) is 96.1 Å². The van der Waals surface area contributed by atoms with Gasteiger partial charge in [-0.1, -0.05) is 11.8 Å². The fraction of sp³-hybridized carbons (Fsp3) is 0.387. The molecule has 3 aromatic rings. The first-order valence-corrected chi connectivity index (χ1v) is 16.6. The Hall–Kier alpha value is -1.89. The summed E-state index contributed by atoms with van der Waals surface area (Å²) in [6, 6.07) is 31.6. The summed E-state index contributed by atoms with van der Waals surface area (Å²) < 4.78 is 0. The van der Waals surface area contributed by atoms with Gasteiger partial charge in [-0.3, -0.25) is 4.79 Å². The number of carbonyl (C=O) groups is 1. The molecular formula is C31H41OPS. The predicted octanol–water partition coefficient (Wildman–Crippen LogP) is 7.42. The SMILES string of the molecule is CC(=O)SCCCCc1ccc(CCCCCC[PH](C)(c2ccccc2)c2ccccc2)cc1. The number of unbranched alkanes of at least 4 members (excludes halogenated alkanes) is 4. The molecule has 34 heavy (non-hydrogen) atoms. The standard InChI is InChI=1S/C31H41OPS/c1-27(32)34-26-14-12-16-29-23-21-28(22-24-29)15-7-3-4-13-25-33(2,30-17-8-5-9-18-30)31-19-10-6-11-20-31/h5-6,8-11,17-24,33H,3-4,7,12-16,25-26H2,1-2H3. The number of aryl methyl sites for hydroxylation is 2. The molecule has 0 aromatic heterocycles. The van der Waals surface area contributed by atoms with Crippen molar-refractivity contribution in [2.24, 2.45) is 0 Å². The molecule has 0 atom stereocenters. The first kappa shape index (κ1) is 26.7. The van der Waals surface area contributed by atoms with Gasteiger partial charge in [-0.15, -0.1) is 0 Å². The van der Waals surface area contributed by atoms with E-state index in [9.17, 15) is 4.79 Å². The first-order valence-electron chi connectivity index (χ1n) is 12.9.